The molecule has 0 aromatic heterocycles. The van der Waals surface area contributed by atoms with Gasteiger partial charge in [0.15, 0.2) is 11.6 Å². The molecule has 6 nitrogen and oxygen atoms in total. The number of rotatable bonds is 11. The van der Waals surface area contributed by atoms with E-state index in [1.807, 2.05) is 117 Å². The van der Waals surface area contributed by atoms with Crippen molar-refractivity contribution in [3.8, 4) is 11.5 Å². The molecule has 0 saturated carbocycles. The van der Waals surface area contributed by atoms with Crippen LogP contribution in [0.3, 0.4) is 0 Å². The van der Waals surface area contributed by atoms with Crippen LogP contribution in [-0.2, 0) is 25.7 Å². The number of aryl methyl sites for hydroxylation is 1. The lowest BCUT2D eigenvalue weighted by atomic mass is 10.1. The van der Waals surface area contributed by atoms with Gasteiger partial charge in [-0.2, -0.15) is 0 Å². The molecule has 6 heteroatoms. The van der Waals surface area contributed by atoms with Crippen LogP contribution in [0.15, 0.2) is 121 Å². The molecule has 0 atom stereocenters. The number of carbonyl (C=O) groups excluding carboxylic acids is 3. The van der Waals surface area contributed by atoms with Crippen molar-refractivity contribution in [1.29, 1.82) is 0 Å². The monoisotopic (exact) mass is 618 g/mol. The summed E-state index contributed by atoms with van der Waals surface area (Å²) >= 11 is 0. The summed E-state index contributed by atoms with van der Waals surface area (Å²) in [5.41, 5.74) is 5.17. The second kappa shape index (κ2) is 21.3. The second-order valence-corrected chi connectivity index (χ2v) is 10.0. The van der Waals surface area contributed by atoms with Crippen LogP contribution in [0.5, 0.6) is 11.5 Å². The van der Waals surface area contributed by atoms with Gasteiger partial charge in [0.2, 0.25) is 0 Å². The summed E-state index contributed by atoms with van der Waals surface area (Å²) in [6.45, 7) is 8.01. The van der Waals surface area contributed by atoms with E-state index in [0.717, 1.165) is 33.8 Å². The van der Waals surface area contributed by atoms with Gasteiger partial charge in [0, 0.05) is 6.08 Å². The van der Waals surface area contributed by atoms with Crippen molar-refractivity contribution in [3.05, 3.63) is 149 Å². The zero-order chi connectivity index (χ0) is 33.6. The van der Waals surface area contributed by atoms with Crippen LogP contribution in [0.4, 0.5) is 0 Å². The molecule has 0 aliphatic carbocycles. The maximum Gasteiger partial charge on any atom is 0.331 e. The number of esters is 1. The van der Waals surface area contributed by atoms with Crippen molar-refractivity contribution < 1.29 is 28.6 Å². The molecule has 0 aliphatic heterocycles. The van der Waals surface area contributed by atoms with E-state index in [1.54, 1.807) is 37.5 Å². The molecule has 4 aromatic rings. The van der Waals surface area contributed by atoms with E-state index in [-0.39, 0.29) is 17.5 Å². The minimum atomic E-state index is -0.329. The Labute approximate surface area is 272 Å². The average Bonchev–Trinajstić information content (AvgIpc) is 3.07. The topological polar surface area (TPSA) is 78.9 Å². The summed E-state index contributed by atoms with van der Waals surface area (Å²) in [5, 5.41) is 0. The number of ketones is 2. The van der Waals surface area contributed by atoms with Gasteiger partial charge in [0.1, 0.15) is 18.1 Å². The van der Waals surface area contributed by atoms with Crippen LogP contribution < -0.4 is 9.47 Å². The van der Waals surface area contributed by atoms with E-state index in [4.69, 9.17) is 14.2 Å². The Hall–Kier alpha value is -5.49. The van der Waals surface area contributed by atoms with Gasteiger partial charge in [-0.25, -0.2) is 4.79 Å². The summed E-state index contributed by atoms with van der Waals surface area (Å²) in [4.78, 5) is 32.9. The molecular formula is C40H42O6. The largest absolute Gasteiger partial charge is 0.497 e. The quantitative estimate of drug-likeness (QED) is 0.124. The van der Waals surface area contributed by atoms with Crippen LogP contribution in [0.1, 0.15) is 48.6 Å². The molecule has 0 bridgehead atoms. The first-order chi connectivity index (χ1) is 22.2. The lowest BCUT2D eigenvalue weighted by molar-refractivity contribution is -0.138. The van der Waals surface area contributed by atoms with Gasteiger partial charge < -0.3 is 14.2 Å². The summed E-state index contributed by atoms with van der Waals surface area (Å²) in [5.74, 6) is 1.45. The SMILES string of the molecule is CCOc1ccc(C=CC(C)=O)cc1.COc1ccc(C=CC(C)=O)cc1.Cc1ccc(C=CC(=O)OCc2ccccc2)cc1. The number of ether oxygens (including phenoxy) is 3. The van der Waals surface area contributed by atoms with Crippen LogP contribution in [0.2, 0.25) is 0 Å². The minimum absolute atomic E-state index is 0.0517. The van der Waals surface area contributed by atoms with Crippen molar-refractivity contribution in [3.63, 3.8) is 0 Å². The number of methoxy groups -OCH3 is 1. The van der Waals surface area contributed by atoms with Crippen molar-refractivity contribution in [1.82, 2.24) is 0 Å². The Morgan fingerprint density at radius 3 is 1.52 bits per heavy atom. The lowest BCUT2D eigenvalue weighted by Crippen LogP contribution is -2.00. The van der Waals surface area contributed by atoms with E-state index in [9.17, 15) is 14.4 Å². The van der Waals surface area contributed by atoms with E-state index in [0.29, 0.717) is 13.2 Å². The smallest absolute Gasteiger partial charge is 0.331 e. The number of hydrogen-bond acceptors (Lipinski definition) is 6. The van der Waals surface area contributed by atoms with Gasteiger partial charge in [-0.3, -0.25) is 9.59 Å². The number of hydrogen-bond donors (Lipinski definition) is 0. The number of benzene rings is 4. The van der Waals surface area contributed by atoms with Gasteiger partial charge in [0.05, 0.1) is 13.7 Å². The fraction of sp³-hybridized carbons (Fsp3) is 0.175. The van der Waals surface area contributed by atoms with Crippen LogP contribution in [0.25, 0.3) is 18.2 Å². The summed E-state index contributed by atoms with van der Waals surface area (Å²) in [6, 6.07) is 32.7. The fourth-order valence-electron chi connectivity index (χ4n) is 3.60. The first-order valence-corrected chi connectivity index (χ1v) is 14.9. The Bertz CT molecular complexity index is 1560. The zero-order valence-corrected chi connectivity index (χ0v) is 27.1. The second-order valence-electron chi connectivity index (χ2n) is 10.0. The highest BCUT2D eigenvalue weighted by atomic mass is 16.5. The normalized spacial score (nSPS) is 10.5. The van der Waals surface area contributed by atoms with Crippen molar-refractivity contribution >= 4 is 35.8 Å². The molecule has 0 aliphatic rings. The third kappa shape index (κ3) is 16.4. The molecule has 238 valence electrons. The van der Waals surface area contributed by atoms with Crippen LogP contribution >= 0.6 is 0 Å². The molecule has 46 heavy (non-hydrogen) atoms. The Morgan fingerprint density at radius 2 is 1.07 bits per heavy atom. The van der Waals surface area contributed by atoms with Crippen molar-refractivity contribution in [2.75, 3.05) is 13.7 Å². The molecule has 0 fully saturated rings. The van der Waals surface area contributed by atoms with Gasteiger partial charge in [0.25, 0.3) is 0 Å². The maximum absolute atomic E-state index is 11.5. The molecule has 0 spiro atoms. The molecule has 4 rings (SSSR count). The standard InChI is InChI=1S/C17H16O2.C12H14O2.C11H12O2/c1-14-7-9-15(10-8-14)11-12-17(18)19-13-16-5-3-2-4-6-16;1-3-14-12-8-6-11(7-9-12)5-4-10(2)13;1-9(12)3-4-10-5-7-11(13-2)8-6-10/h2-12H,13H2,1H3;4-9H,3H2,1-2H3;3-8H,1-2H3. The molecule has 0 radical (unpaired) electrons. The molecule has 0 heterocycles. The minimum Gasteiger partial charge on any atom is -0.497 e. The maximum atomic E-state index is 11.5. The Balaban J connectivity index is 0.000000246. The predicted octanol–water partition coefficient (Wildman–Crippen LogP) is 8.74. The van der Waals surface area contributed by atoms with Crippen molar-refractivity contribution in [2.24, 2.45) is 0 Å². The number of carbonyl (C=O) groups is 3. The van der Waals surface area contributed by atoms with Crippen LogP contribution in [-0.4, -0.2) is 31.3 Å². The van der Waals surface area contributed by atoms with E-state index < -0.39 is 0 Å². The molecule has 0 amide bonds. The Morgan fingerprint density at radius 1 is 0.609 bits per heavy atom. The predicted molar refractivity (Wildman–Crippen MR) is 186 cm³/mol. The molecule has 0 saturated heterocycles. The highest BCUT2D eigenvalue weighted by Gasteiger charge is 1.98. The van der Waals surface area contributed by atoms with Gasteiger partial charge >= 0.3 is 5.97 Å². The van der Waals surface area contributed by atoms with E-state index >= 15 is 0 Å². The van der Waals surface area contributed by atoms with Gasteiger partial charge in [-0.1, -0.05) is 96.6 Å². The first-order valence-electron chi connectivity index (χ1n) is 14.9. The average molecular weight is 619 g/mol. The molecule has 0 N–H and O–H groups in total. The summed E-state index contributed by atoms with van der Waals surface area (Å²) in [7, 11) is 1.63. The highest BCUT2D eigenvalue weighted by molar-refractivity contribution is 5.92. The lowest BCUT2D eigenvalue weighted by Gasteiger charge is -2.01. The third-order valence-corrected chi connectivity index (χ3v) is 6.04. The molecule has 0 unspecified atom stereocenters. The summed E-state index contributed by atoms with van der Waals surface area (Å²) in [6.07, 6.45) is 9.87. The van der Waals surface area contributed by atoms with E-state index in [2.05, 4.69) is 0 Å². The van der Waals surface area contributed by atoms with E-state index in [1.165, 1.54) is 25.5 Å². The zero-order valence-electron chi connectivity index (χ0n) is 27.1. The first kappa shape index (κ1) is 36.7. The highest BCUT2D eigenvalue weighted by Crippen LogP contribution is 2.13. The van der Waals surface area contributed by atoms with Gasteiger partial charge in [-0.05, 0) is 92.4 Å². The van der Waals surface area contributed by atoms with Crippen molar-refractivity contribution in [2.45, 2.75) is 34.3 Å². The molecular weight excluding hydrogens is 576 g/mol. The van der Waals surface area contributed by atoms with Crippen LogP contribution in [0, 0.1) is 6.92 Å². The molecule has 4 aromatic carbocycles. The number of allylic oxidation sites excluding steroid dienone is 2. The fourth-order valence-corrected chi connectivity index (χ4v) is 3.60. The summed E-state index contributed by atoms with van der Waals surface area (Å²) < 4.78 is 15.4. The third-order valence-electron chi connectivity index (χ3n) is 6.04. The van der Waals surface area contributed by atoms with Gasteiger partial charge in [-0.15, -0.1) is 0 Å². The Kier molecular flexibility index (Phi) is 17.0.